The van der Waals surface area contributed by atoms with E-state index in [0.29, 0.717) is 13.2 Å². The first-order valence-corrected chi connectivity index (χ1v) is 6.59. The average molecular weight is 220 g/mol. The summed E-state index contributed by atoms with van der Waals surface area (Å²) in [6, 6.07) is -0.00645. The van der Waals surface area contributed by atoms with Gasteiger partial charge in [0.2, 0.25) is 10.0 Å². The zero-order chi connectivity index (χ0) is 10.0. The molecule has 0 aromatic rings. The van der Waals surface area contributed by atoms with Gasteiger partial charge in [-0.25, -0.2) is 13.1 Å². The summed E-state index contributed by atoms with van der Waals surface area (Å²) in [5.41, 5.74) is 0. The third kappa shape index (κ3) is 2.66. The standard InChI is InChI=1S/C8H16N2O3S/c11-14(12,6-7-3-9-4-7)10-8-1-2-13-5-8/h7-10H,1-6H2. The normalized spacial score (nSPS) is 29.0. The van der Waals surface area contributed by atoms with E-state index < -0.39 is 10.0 Å². The van der Waals surface area contributed by atoms with Crippen LogP contribution in [0, 0.1) is 5.92 Å². The van der Waals surface area contributed by atoms with Crippen molar-refractivity contribution in [2.24, 2.45) is 5.92 Å². The molecule has 2 aliphatic heterocycles. The van der Waals surface area contributed by atoms with Gasteiger partial charge in [-0.2, -0.15) is 0 Å². The summed E-state index contributed by atoms with van der Waals surface area (Å²) in [5, 5.41) is 3.06. The van der Waals surface area contributed by atoms with Crippen LogP contribution in [0.15, 0.2) is 0 Å². The Balaban J connectivity index is 1.81. The molecule has 1 unspecified atom stereocenters. The molecule has 0 spiro atoms. The van der Waals surface area contributed by atoms with Gasteiger partial charge < -0.3 is 10.1 Å². The summed E-state index contributed by atoms with van der Waals surface area (Å²) in [6.45, 7) is 2.82. The van der Waals surface area contributed by atoms with Crippen LogP contribution in [-0.4, -0.2) is 46.5 Å². The lowest BCUT2D eigenvalue weighted by atomic mass is 10.1. The van der Waals surface area contributed by atoms with E-state index >= 15 is 0 Å². The van der Waals surface area contributed by atoms with Gasteiger partial charge in [0.05, 0.1) is 12.4 Å². The van der Waals surface area contributed by atoms with Gasteiger partial charge in [0.25, 0.3) is 0 Å². The maximum absolute atomic E-state index is 11.6. The molecule has 82 valence electrons. The van der Waals surface area contributed by atoms with E-state index in [1.165, 1.54) is 0 Å². The van der Waals surface area contributed by atoms with Gasteiger partial charge in [-0.3, -0.25) is 0 Å². The number of ether oxygens (including phenoxy) is 1. The molecule has 0 aromatic heterocycles. The van der Waals surface area contributed by atoms with E-state index in [1.807, 2.05) is 0 Å². The predicted octanol–water partition coefficient (Wildman–Crippen LogP) is -1.09. The SMILES string of the molecule is O=S(=O)(CC1CNC1)NC1CCOC1. The number of nitrogens with one attached hydrogen (secondary N) is 2. The van der Waals surface area contributed by atoms with Crippen LogP contribution in [0.1, 0.15) is 6.42 Å². The molecule has 2 saturated heterocycles. The highest BCUT2D eigenvalue weighted by molar-refractivity contribution is 7.89. The quantitative estimate of drug-likeness (QED) is 0.632. The maximum Gasteiger partial charge on any atom is 0.212 e. The Morgan fingerprint density at radius 3 is 2.71 bits per heavy atom. The lowest BCUT2D eigenvalue weighted by Gasteiger charge is -2.27. The highest BCUT2D eigenvalue weighted by atomic mass is 32.2. The van der Waals surface area contributed by atoms with Crippen LogP contribution in [0.5, 0.6) is 0 Å². The minimum Gasteiger partial charge on any atom is -0.380 e. The number of rotatable bonds is 4. The molecule has 6 heteroatoms. The Labute approximate surface area is 84.3 Å². The maximum atomic E-state index is 11.6. The zero-order valence-corrected chi connectivity index (χ0v) is 8.85. The molecule has 0 bridgehead atoms. The topological polar surface area (TPSA) is 67.4 Å². The fourth-order valence-electron chi connectivity index (χ4n) is 1.71. The highest BCUT2D eigenvalue weighted by Gasteiger charge is 2.27. The number of sulfonamides is 1. The molecule has 5 nitrogen and oxygen atoms in total. The highest BCUT2D eigenvalue weighted by Crippen LogP contribution is 2.09. The van der Waals surface area contributed by atoms with Crippen LogP contribution in [0.3, 0.4) is 0 Å². The van der Waals surface area contributed by atoms with E-state index in [0.717, 1.165) is 19.5 Å². The van der Waals surface area contributed by atoms with Crippen molar-refractivity contribution in [2.75, 3.05) is 32.1 Å². The van der Waals surface area contributed by atoms with Gasteiger partial charge >= 0.3 is 0 Å². The van der Waals surface area contributed by atoms with Crippen LogP contribution in [0.25, 0.3) is 0 Å². The molecule has 2 heterocycles. The van der Waals surface area contributed by atoms with Crippen molar-refractivity contribution < 1.29 is 13.2 Å². The predicted molar refractivity (Wildman–Crippen MR) is 52.5 cm³/mol. The summed E-state index contributed by atoms with van der Waals surface area (Å²) in [6.07, 6.45) is 0.794. The molecule has 0 aromatic carbocycles. The first kappa shape index (κ1) is 10.4. The van der Waals surface area contributed by atoms with Crippen molar-refractivity contribution in [3.63, 3.8) is 0 Å². The molecule has 14 heavy (non-hydrogen) atoms. The minimum absolute atomic E-state index is 0.00645. The molecule has 2 fully saturated rings. The van der Waals surface area contributed by atoms with Gasteiger partial charge in [-0.1, -0.05) is 0 Å². The van der Waals surface area contributed by atoms with E-state index in [2.05, 4.69) is 10.0 Å². The van der Waals surface area contributed by atoms with Crippen LogP contribution in [-0.2, 0) is 14.8 Å². The summed E-state index contributed by atoms with van der Waals surface area (Å²) >= 11 is 0. The molecule has 0 amide bonds. The van der Waals surface area contributed by atoms with E-state index in [9.17, 15) is 8.42 Å². The van der Waals surface area contributed by atoms with Crippen molar-refractivity contribution >= 4 is 10.0 Å². The summed E-state index contributed by atoms with van der Waals surface area (Å²) in [5.74, 6) is 0.533. The second-order valence-electron chi connectivity index (χ2n) is 3.98. The van der Waals surface area contributed by atoms with Crippen LogP contribution in [0.2, 0.25) is 0 Å². The van der Waals surface area contributed by atoms with Gasteiger partial charge in [-0.15, -0.1) is 0 Å². The van der Waals surface area contributed by atoms with Crippen molar-refractivity contribution in [3.05, 3.63) is 0 Å². The van der Waals surface area contributed by atoms with Gasteiger partial charge in [0, 0.05) is 25.7 Å². The average Bonchev–Trinajstić information content (AvgIpc) is 2.49. The Bertz CT molecular complexity index is 281. The Morgan fingerprint density at radius 1 is 1.43 bits per heavy atom. The van der Waals surface area contributed by atoms with E-state index in [-0.39, 0.29) is 17.7 Å². The monoisotopic (exact) mass is 220 g/mol. The molecular weight excluding hydrogens is 204 g/mol. The van der Waals surface area contributed by atoms with Crippen molar-refractivity contribution in [3.8, 4) is 0 Å². The molecule has 0 radical (unpaired) electrons. The van der Waals surface area contributed by atoms with Crippen molar-refractivity contribution in [1.82, 2.24) is 10.0 Å². The summed E-state index contributed by atoms with van der Waals surface area (Å²) in [7, 11) is -3.10. The number of hydrogen-bond acceptors (Lipinski definition) is 4. The minimum atomic E-state index is -3.10. The molecule has 0 aliphatic carbocycles. The largest absolute Gasteiger partial charge is 0.380 e. The van der Waals surface area contributed by atoms with Crippen molar-refractivity contribution in [1.29, 1.82) is 0 Å². The lowest BCUT2D eigenvalue weighted by Crippen LogP contribution is -2.48. The first-order chi connectivity index (χ1) is 6.66. The second-order valence-corrected chi connectivity index (χ2v) is 5.78. The molecule has 2 N–H and O–H groups in total. The molecule has 0 saturated carbocycles. The van der Waals surface area contributed by atoms with E-state index in [4.69, 9.17) is 4.74 Å². The van der Waals surface area contributed by atoms with Crippen LogP contribution < -0.4 is 10.0 Å². The Kier molecular flexibility index (Phi) is 3.06. The second kappa shape index (κ2) is 4.14. The first-order valence-electron chi connectivity index (χ1n) is 4.94. The zero-order valence-electron chi connectivity index (χ0n) is 8.03. The number of hydrogen-bond donors (Lipinski definition) is 2. The fraction of sp³-hybridized carbons (Fsp3) is 1.00. The lowest BCUT2D eigenvalue weighted by molar-refractivity contribution is 0.192. The third-order valence-electron chi connectivity index (χ3n) is 2.60. The molecule has 1 atom stereocenters. The third-order valence-corrected chi connectivity index (χ3v) is 4.20. The molecule has 2 aliphatic rings. The smallest absolute Gasteiger partial charge is 0.212 e. The van der Waals surface area contributed by atoms with Crippen LogP contribution in [0.4, 0.5) is 0 Å². The van der Waals surface area contributed by atoms with E-state index in [1.54, 1.807) is 0 Å². The van der Waals surface area contributed by atoms with Crippen molar-refractivity contribution in [2.45, 2.75) is 12.5 Å². The van der Waals surface area contributed by atoms with Gasteiger partial charge in [-0.05, 0) is 12.3 Å². The molecular formula is C8H16N2O3S. The fourth-order valence-corrected chi connectivity index (χ4v) is 3.35. The Morgan fingerprint density at radius 2 is 2.21 bits per heavy atom. The summed E-state index contributed by atoms with van der Waals surface area (Å²) < 4.78 is 31.0. The summed E-state index contributed by atoms with van der Waals surface area (Å²) in [4.78, 5) is 0. The Hall–Kier alpha value is -0.170. The van der Waals surface area contributed by atoms with Crippen LogP contribution >= 0.6 is 0 Å². The van der Waals surface area contributed by atoms with Gasteiger partial charge in [0.15, 0.2) is 0 Å². The van der Waals surface area contributed by atoms with Gasteiger partial charge in [0.1, 0.15) is 0 Å². The molecule has 2 rings (SSSR count).